The summed E-state index contributed by atoms with van der Waals surface area (Å²) >= 11 is 5.66. The summed E-state index contributed by atoms with van der Waals surface area (Å²) in [6.07, 6.45) is 6.33. The van der Waals surface area contributed by atoms with Gasteiger partial charge in [0.05, 0.1) is 11.7 Å². The molecule has 0 radical (unpaired) electrons. The third-order valence-corrected chi connectivity index (χ3v) is 6.64. The van der Waals surface area contributed by atoms with E-state index in [1.54, 1.807) is 11.8 Å². The van der Waals surface area contributed by atoms with E-state index in [-0.39, 0.29) is 6.04 Å². The van der Waals surface area contributed by atoms with Crippen LogP contribution in [0.2, 0.25) is 0 Å². The van der Waals surface area contributed by atoms with Crippen molar-refractivity contribution < 1.29 is 0 Å². The van der Waals surface area contributed by atoms with Gasteiger partial charge in [-0.3, -0.25) is 9.88 Å². The lowest BCUT2D eigenvalue weighted by Gasteiger charge is -2.36. The van der Waals surface area contributed by atoms with Crippen molar-refractivity contribution in [1.29, 1.82) is 0 Å². The molecule has 2 aromatic rings. The highest BCUT2D eigenvalue weighted by Gasteiger charge is 2.32. The Balaban J connectivity index is 0.00000102. The van der Waals surface area contributed by atoms with Crippen molar-refractivity contribution in [2.75, 3.05) is 32.4 Å². The zero-order valence-electron chi connectivity index (χ0n) is 16.2. The number of aryl methyl sites for hydroxylation is 3. The Kier molecular flexibility index (Phi) is 7.15. The van der Waals surface area contributed by atoms with E-state index >= 15 is 0 Å². The topological polar surface area (TPSA) is 28.2 Å². The maximum atomic E-state index is 4.97. The number of nitrogens with one attached hydrogen (secondary N) is 1. The second-order valence-electron chi connectivity index (χ2n) is 6.93. The largest absolute Gasteiger partial charge is 0.314 e. The van der Waals surface area contributed by atoms with Gasteiger partial charge >= 0.3 is 0 Å². The molecule has 4 rings (SSSR count). The maximum Gasteiger partial charge on any atom is 0.0793 e. The third-order valence-electron chi connectivity index (χ3n) is 5.28. The highest BCUT2D eigenvalue weighted by Crippen LogP contribution is 2.40. The smallest absolute Gasteiger partial charge is 0.0793 e. The number of piperazine rings is 1. The van der Waals surface area contributed by atoms with Crippen LogP contribution in [0, 0.1) is 6.92 Å². The Bertz CT molecular complexity index is 802. The van der Waals surface area contributed by atoms with Crippen molar-refractivity contribution in [1.82, 2.24) is 15.2 Å². The normalized spacial score (nSPS) is 19.3. The van der Waals surface area contributed by atoms with Crippen LogP contribution in [0.5, 0.6) is 0 Å². The molecule has 2 heterocycles. The van der Waals surface area contributed by atoms with Crippen LogP contribution in [0.1, 0.15) is 34.0 Å². The molecule has 1 fully saturated rings. The zero-order chi connectivity index (χ0) is 19.4. The SMILES string of the molecule is C=C.CSc1cnc2c(c1)CCc1cc(C)cc(Br)c1C2N1CCNCC1. The number of hydrogen-bond donors (Lipinski definition) is 1. The quantitative estimate of drug-likeness (QED) is 0.532. The first-order valence-corrected chi connectivity index (χ1v) is 11.5. The lowest BCUT2D eigenvalue weighted by atomic mass is 9.94. The van der Waals surface area contributed by atoms with Gasteiger partial charge in [-0.1, -0.05) is 22.0 Å². The van der Waals surface area contributed by atoms with E-state index in [4.69, 9.17) is 4.98 Å². The monoisotopic (exact) mass is 445 g/mol. The molecule has 3 nitrogen and oxygen atoms in total. The number of hydrogen-bond acceptors (Lipinski definition) is 4. The number of halogens is 1. The molecule has 1 saturated heterocycles. The van der Waals surface area contributed by atoms with E-state index in [0.29, 0.717) is 0 Å². The fourth-order valence-corrected chi connectivity index (χ4v) is 5.35. The van der Waals surface area contributed by atoms with Crippen LogP contribution >= 0.6 is 27.7 Å². The summed E-state index contributed by atoms with van der Waals surface area (Å²) in [7, 11) is 0. The van der Waals surface area contributed by atoms with Gasteiger partial charge in [-0.15, -0.1) is 24.9 Å². The van der Waals surface area contributed by atoms with Crippen LogP contribution in [0.25, 0.3) is 0 Å². The van der Waals surface area contributed by atoms with Crippen LogP contribution in [0.15, 0.2) is 46.9 Å². The minimum atomic E-state index is 0.250. The number of aromatic nitrogens is 1. The number of fused-ring (bicyclic) bond motifs is 2. The predicted octanol–water partition coefficient (Wildman–Crippen LogP) is 4.77. The maximum absolute atomic E-state index is 4.97. The minimum Gasteiger partial charge on any atom is -0.314 e. The molecular formula is C22H28BrN3S. The van der Waals surface area contributed by atoms with Crippen LogP contribution in [-0.2, 0) is 12.8 Å². The highest BCUT2D eigenvalue weighted by atomic mass is 79.9. The number of pyridine rings is 1. The van der Waals surface area contributed by atoms with E-state index in [2.05, 4.69) is 70.7 Å². The van der Waals surface area contributed by atoms with Crippen LogP contribution in [0.3, 0.4) is 0 Å². The average molecular weight is 446 g/mol. The van der Waals surface area contributed by atoms with Gasteiger partial charge in [-0.05, 0) is 60.4 Å². The van der Waals surface area contributed by atoms with Gasteiger partial charge in [0.2, 0.25) is 0 Å². The van der Waals surface area contributed by atoms with Crippen LogP contribution in [-0.4, -0.2) is 42.3 Å². The summed E-state index contributed by atoms with van der Waals surface area (Å²) < 4.78 is 1.23. The van der Waals surface area contributed by atoms with Crippen molar-refractivity contribution in [2.24, 2.45) is 0 Å². The Labute approximate surface area is 175 Å². The molecule has 0 amide bonds. The van der Waals surface area contributed by atoms with Gasteiger partial charge in [0.1, 0.15) is 0 Å². The molecule has 144 valence electrons. The van der Waals surface area contributed by atoms with Crippen molar-refractivity contribution in [3.63, 3.8) is 0 Å². The number of nitrogens with zero attached hydrogens (tertiary/aromatic N) is 2. The first-order valence-electron chi connectivity index (χ1n) is 9.44. The fraction of sp³-hybridized carbons (Fsp3) is 0.409. The summed E-state index contributed by atoms with van der Waals surface area (Å²) in [6.45, 7) is 12.4. The predicted molar refractivity (Wildman–Crippen MR) is 120 cm³/mol. The molecule has 0 bridgehead atoms. The third kappa shape index (κ3) is 4.32. The Hall–Kier alpha value is -1.14. The van der Waals surface area contributed by atoms with Crippen LogP contribution < -0.4 is 5.32 Å². The van der Waals surface area contributed by atoms with Gasteiger partial charge in [-0.25, -0.2) is 0 Å². The molecule has 1 atom stereocenters. The van der Waals surface area contributed by atoms with Gasteiger partial charge < -0.3 is 5.32 Å². The Morgan fingerprint density at radius 3 is 2.56 bits per heavy atom. The molecule has 1 aromatic heterocycles. The second kappa shape index (κ2) is 9.37. The molecule has 1 unspecified atom stereocenters. The molecule has 1 aliphatic heterocycles. The molecule has 1 aromatic carbocycles. The molecule has 5 heteroatoms. The fourth-order valence-electron chi connectivity index (χ4n) is 4.10. The Morgan fingerprint density at radius 2 is 1.85 bits per heavy atom. The number of rotatable bonds is 2. The molecule has 27 heavy (non-hydrogen) atoms. The first kappa shape index (κ1) is 20.6. The van der Waals surface area contributed by atoms with E-state index in [9.17, 15) is 0 Å². The number of benzene rings is 1. The van der Waals surface area contributed by atoms with E-state index < -0.39 is 0 Å². The highest BCUT2D eigenvalue weighted by molar-refractivity contribution is 9.10. The molecule has 0 saturated carbocycles. The molecular weight excluding hydrogens is 418 g/mol. The van der Waals surface area contributed by atoms with Gasteiger partial charge in [0, 0.05) is 41.7 Å². The van der Waals surface area contributed by atoms with Gasteiger partial charge in [0.15, 0.2) is 0 Å². The van der Waals surface area contributed by atoms with Crippen molar-refractivity contribution in [3.8, 4) is 0 Å². The zero-order valence-corrected chi connectivity index (χ0v) is 18.6. The van der Waals surface area contributed by atoms with Crippen LogP contribution in [0.4, 0.5) is 0 Å². The average Bonchev–Trinajstić information content (AvgIpc) is 2.86. The molecule has 1 N–H and O–H groups in total. The number of thioether (sulfide) groups is 1. The molecule has 0 spiro atoms. The molecule has 2 aliphatic rings. The van der Waals surface area contributed by atoms with E-state index in [0.717, 1.165) is 39.0 Å². The molecule has 1 aliphatic carbocycles. The summed E-state index contributed by atoms with van der Waals surface area (Å²) in [6, 6.07) is 7.24. The summed E-state index contributed by atoms with van der Waals surface area (Å²) in [4.78, 5) is 8.83. The van der Waals surface area contributed by atoms with Crippen molar-refractivity contribution in [3.05, 3.63) is 70.0 Å². The second-order valence-corrected chi connectivity index (χ2v) is 8.66. The van der Waals surface area contributed by atoms with Gasteiger partial charge in [-0.2, -0.15) is 0 Å². The minimum absolute atomic E-state index is 0.250. The summed E-state index contributed by atoms with van der Waals surface area (Å²) in [5, 5.41) is 3.48. The van der Waals surface area contributed by atoms with Crippen molar-refractivity contribution >= 4 is 27.7 Å². The van der Waals surface area contributed by atoms with Gasteiger partial charge in [0.25, 0.3) is 0 Å². The lowest BCUT2D eigenvalue weighted by Crippen LogP contribution is -2.45. The van der Waals surface area contributed by atoms with Crippen molar-refractivity contribution in [2.45, 2.75) is 30.7 Å². The standard InChI is InChI=1S/C20H24BrN3S.C2H4/c1-13-9-14-3-4-15-11-16(25-2)12-23-19(15)20(18(14)17(21)10-13)24-7-5-22-6-8-24;1-2/h9-12,20,22H,3-8H2,1-2H3;1-2H2. The summed E-state index contributed by atoms with van der Waals surface area (Å²) in [5.74, 6) is 0. The lowest BCUT2D eigenvalue weighted by molar-refractivity contribution is 0.194. The van der Waals surface area contributed by atoms with E-state index in [1.165, 1.54) is 37.3 Å². The van der Waals surface area contributed by atoms with E-state index in [1.807, 2.05) is 6.20 Å². The Morgan fingerprint density at radius 1 is 1.15 bits per heavy atom. The summed E-state index contributed by atoms with van der Waals surface area (Å²) in [5.41, 5.74) is 6.89. The first-order chi connectivity index (χ1) is 13.2.